The first-order valence-corrected chi connectivity index (χ1v) is 7.66. The molecule has 6 nitrogen and oxygen atoms in total. The Morgan fingerprint density at radius 1 is 1.36 bits per heavy atom. The number of aromatic hydroxyl groups is 1. The topological polar surface area (TPSA) is 62.2 Å². The number of hydrogen-bond acceptors (Lipinski definition) is 6. The van der Waals surface area contributed by atoms with Gasteiger partial charge in [0.2, 0.25) is 0 Å². The number of ether oxygens (including phenoxy) is 2. The fraction of sp³-hybridized carbons (Fsp3) is 0.562. The number of esters is 1. The maximum Gasteiger partial charge on any atom is 0.333 e. The first-order chi connectivity index (χ1) is 10.5. The molecule has 6 heteroatoms. The number of fused-ring (bicyclic) bond motifs is 1. The summed E-state index contributed by atoms with van der Waals surface area (Å²) in [6, 6.07) is 1.08. The van der Waals surface area contributed by atoms with Crippen LogP contribution in [-0.2, 0) is 4.79 Å². The van der Waals surface area contributed by atoms with E-state index in [1.165, 1.54) is 6.07 Å². The molecule has 1 saturated heterocycles. The lowest BCUT2D eigenvalue weighted by Gasteiger charge is -2.35. The number of hydrogen-bond donors (Lipinski definition) is 1. The van der Waals surface area contributed by atoms with Gasteiger partial charge in [0.1, 0.15) is 11.8 Å². The maximum atomic E-state index is 12.4. The number of likely N-dealkylation sites (N-methyl/N-ethyl adjacent to an activating group) is 1. The summed E-state index contributed by atoms with van der Waals surface area (Å²) in [4.78, 5) is 16.7. The standard InChI is InChI=1S/C16H22N2O4/c1-4-21-12-9-11(19)15-13(10(12)2)14(16(20)22-15)18-7-5-17(3)6-8-18/h9,14,19H,4-8H2,1-3H3. The summed E-state index contributed by atoms with van der Waals surface area (Å²) in [7, 11) is 2.07. The molecule has 0 saturated carbocycles. The summed E-state index contributed by atoms with van der Waals surface area (Å²) >= 11 is 0. The van der Waals surface area contributed by atoms with E-state index in [2.05, 4.69) is 16.8 Å². The van der Waals surface area contributed by atoms with Gasteiger partial charge in [-0.1, -0.05) is 0 Å². The van der Waals surface area contributed by atoms with Gasteiger partial charge in [-0.2, -0.15) is 0 Å². The van der Waals surface area contributed by atoms with Crippen LogP contribution in [0.1, 0.15) is 24.1 Å². The molecule has 2 aliphatic rings. The number of rotatable bonds is 3. The number of carbonyl (C=O) groups is 1. The maximum absolute atomic E-state index is 12.4. The molecule has 1 N–H and O–H groups in total. The SMILES string of the molecule is CCOc1cc(O)c2c(c1C)C(N1CCN(C)CC1)C(=O)O2. The normalized spacial score (nSPS) is 22.5. The average molecular weight is 306 g/mol. The summed E-state index contributed by atoms with van der Waals surface area (Å²) in [6.45, 7) is 7.73. The van der Waals surface area contributed by atoms with Gasteiger partial charge >= 0.3 is 5.97 Å². The molecular formula is C16H22N2O4. The Morgan fingerprint density at radius 3 is 2.68 bits per heavy atom. The van der Waals surface area contributed by atoms with Gasteiger partial charge in [0, 0.05) is 43.4 Å². The van der Waals surface area contributed by atoms with E-state index in [0.29, 0.717) is 12.4 Å². The highest BCUT2D eigenvalue weighted by molar-refractivity contribution is 5.88. The number of benzene rings is 1. The van der Waals surface area contributed by atoms with E-state index in [0.717, 1.165) is 37.3 Å². The third-order valence-corrected chi connectivity index (χ3v) is 4.42. The molecule has 2 aliphatic heterocycles. The van der Waals surface area contributed by atoms with Gasteiger partial charge in [-0.15, -0.1) is 0 Å². The van der Waals surface area contributed by atoms with Crippen LogP contribution in [0.4, 0.5) is 0 Å². The highest BCUT2D eigenvalue weighted by atomic mass is 16.5. The van der Waals surface area contributed by atoms with Gasteiger partial charge in [0.25, 0.3) is 0 Å². The Morgan fingerprint density at radius 2 is 2.05 bits per heavy atom. The van der Waals surface area contributed by atoms with Gasteiger partial charge in [0.05, 0.1) is 6.61 Å². The monoisotopic (exact) mass is 306 g/mol. The van der Waals surface area contributed by atoms with Crippen LogP contribution in [0.3, 0.4) is 0 Å². The molecule has 0 spiro atoms. The fourth-order valence-corrected chi connectivity index (χ4v) is 3.17. The molecule has 1 aromatic carbocycles. The minimum absolute atomic E-state index is 0.0333. The second-order valence-corrected chi connectivity index (χ2v) is 5.86. The van der Waals surface area contributed by atoms with Crippen molar-refractivity contribution in [2.24, 2.45) is 0 Å². The Labute approximate surface area is 130 Å². The molecule has 1 aromatic rings. The van der Waals surface area contributed by atoms with E-state index in [1.54, 1.807) is 0 Å². The van der Waals surface area contributed by atoms with Crippen LogP contribution in [0.15, 0.2) is 6.07 Å². The molecule has 1 atom stereocenters. The predicted octanol–water partition coefficient (Wildman–Crippen LogP) is 1.31. The third kappa shape index (κ3) is 2.42. The van der Waals surface area contributed by atoms with Crippen molar-refractivity contribution < 1.29 is 19.4 Å². The Bertz CT molecular complexity index is 594. The molecule has 0 aromatic heterocycles. The van der Waals surface area contributed by atoms with Crippen molar-refractivity contribution in [3.05, 3.63) is 17.2 Å². The summed E-state index contributed by atoms with van der Waals surface area (Å²) in [5.74, 6) is 0.548. The smallest absolute Gasteiger partial charge is 0.333 e. The van der Waals surface area contributed by atoms with Crippen molar-refractivity contribution in [2.75, 3.05) is 39.8 Å². The lowest BCUT2D eigenvalue weighted by molar-refractivity contribution is -0.138. The van der Waals surface area contributed by atoms with Gasteiger partial charge in [-0.05, 0) is 20.9 Å². The van der Waals surface area contributed by atoms with Crippen LogP contribution in [0, 0.1) is 6.92 Å². The molecule has 0 amide bonds. The second-order valence-electron chi connectivity index (χ2n) is 5.86. The molecule has 3 rings (SSSR count). The zero-order valence-electron chi connectivity index (χ0n) is 13.3. The van der Waals surface area contributed by atoms with Crippen molar-refractivity contribution in [1.29, 1.82) is 0 Å². The number of carbonyl (C=O) groups excluding carboxylic acids is 1. The van der Waals surface area contributed by atoms with Gasteiger partial charge in [-0.25, -0.2) is 4.79 Å². The lowest BCUT2D eigenvalue weighted by atomic mass is 9.98. The first kappa shape index (κ1) is 15.1. The van der Waals surface area contributed by atoms with Crippen LogP contribution < -0.4 is 9.47 Å². The van der Waals surface area contributed by atoms with Gasteiger partial charge in [0.15, 0.2) is 11.5 Å². The van der Waals surface area contributed by atoms with E-state index in [-0.39, 0.29) is 17.5 Å². The number of phenolic OH excluding ortho intramolecular Hbond substituents is 1. The van der Waals surface area contributed by atoms with E-state index in [9.17, 15) is 9.90 Å². The zero-order valence-corrected chi connectivity index (χ0v) is 13.3. The van der Waals surface area contributed by atoms with Crippen molar-refractivity contribution in [2.45, 2.75) is 19.9 Å². The molecule has 2 heterocycles. The molecule has 0 aliphatic carbocycles. The van der Waals surface area contributed by atoms with Crippen molar-refractivity contribution in [1.82, 2.24) is 9.80 Å². The molecule has 0 radical (unpaired) electrons. The molecular weight excluding hydrogens is 284 g/mol. The molecule has 1 unspecified atom stereocenters. The van der Waals surface area contributed by atoms with Crippen LogP contribution in [0.25, 0.3) is 0 Å². The number of nitrogens with zero attached hydrogens (tertiary/aromatic N) is 2. The highest BCUT2D eigenvalue weighted by Gasteiger charge is 2.42. The van der Waals surface area contributed by atoms with Crippen LogP contribution in [-0.4, -0.2) is 60.7 Å². The van der Waals surface area contributed by atoms with Crippen LogP contribution in [0.5, 0.6) is 17.2 Å². The van der Waals surface area contributed by atoms with E-state index < -0.39 is 6.04 Å². The summed E-state index contributed by atoms with van der Waals surface area (Å²) in [5, 5.41) is 10.2. The molecule has 1 fully saturated rings. The zero-order chi connectivity index (χ0) is 15.9. The Balaban J connectivity index is 2.00. The molecule has 120 valence electrons. The summed E-state index contributed by atoms with van der Waals surface area (Å²) in [5.41, 5.74) is 1.61. The highest BCUT2D eigenvalue weighted by Crippen LogP contribution is 2.48. The fourth-order valence-electron chi connectivity index (χ4n) is 3.17. The average Bonchev–Trinajstić information content (AvgIpc) is 2.84. The third-order valence-electron chi connectivity index (χ3n) is 4.42. The first-order valence-electron chi connectivity index (χ1n) is 7.66. The lowest BCUT2D eigenvalue weighted by Crippen LogP contribution is -2.47. The number of piperazine rings is 1. The van der Waals surface area contributed by atoms with E-state index in [4.69, 9.17) is 9.47 Å². The van der Waals surface area contributed by atoms with Crippen molar-refractivity contribution in [3.63, 3.8) is 0 Å². The van der Waals surface area contributed by atoms with Gasteiger partial charge in [-0.3, -0.25) is 4.90 Å². The van der Waals surface area contributed by atoms with Crippen LogP contribution in [0.2, 0.25) is 0 Å². The Hall–Kier alpha value is -1.79. The minimum atomic E-state index is -0.449. The van der Waals surface area contributed by atoms with Gasteiger partial charge < -0.3 is 19.5 Å². The number of phenols is 1. The van der Waals surface area contributed by atoms with Crippen LogP contribution >= 0.6 is 0 Å². The summed E-state index contributed by atoms with van der Waals surface area (Å²) < 4.78 is 10.9. The predicted molar refractivity (Wildman–Crippen MR) is 81.5 cm³/mol. The Kier molecular flexibility index (Phi) is 3.97. The van der Waals surface area contributed by atoms with Crippen molar-refractivity contribution in [3.8, 4) is 17.2 Å². The largest absolute Gasteiger partial charge is 0.504 e. The van der Waals surface area contributed by atoms with E-state index in [1.807, 2.05) is 13.8 Å². The summed E-state index contributed by atoms with van der Waals surface area (Å²) in [6.07, 6.45) is 0. The second kappa shape index (κ2) is 5.78. The quantitative estimate of drug-likeness (QED) is 0.671. The van der Waals surface area contributed by atoms with E-state index >= 15 is 0 Å². The minimum Gasteiger partial charge on any atom is -0.504 e. The molecule has 22 heavy (non-hydrogen) atoms. The molecule has 0 bridgehead atoms. The van der Waals surface area contributed by atoms with Crippen molar-refractivity contribution >= 4 is 5.97 Å².